The normalized spacial score (nSPS) is 9.83. The van der Waals surface area contributed by atoms with Crippen molar-refractivity contribution in [1.29, 1.82) is 0 Å². The fourth-order valence-corrected chi connectivity index (χ4v) is 1.67. The molecule has 4 heteroatoms. The first kappa shape index (κ1) is 12.0. The van der Waals surface area contributed by atoms with Gasteiger partial charge in [0.25, 0.3) is 0 Å². The average molecular weight is 243 g/mol. The quantitative estimate of drug-likeness (QED) is 0.901. The minimum Gasteiger partial charge on any atom is -0.497 e. The third-order valence-electron chi connectivity index (χ3n) is 2.50. The van der Waals surface area contributed by atoms with Crippen LogP contribution in [0.5, 0.6) is 11.5 Å². The Bertz CT molecular complexity index is 549. The van der Waals surface area contributed by atoms with E-state index in [-0.39, 0.29) is 0 Å². The van der Waals surface area contributed by atoms with E-state index in [9.17, 15) is 4.79 Å². The Labute approximate surface area is 105 Å². The van der Waals surface area contributed by atoms with Crippen molar-refractivity contribution in [3.8, 4) is 22.6 Å². The molecule has 0 atom stereocenters. The third-order valence-corrected chi connectivity index (χ3v) is 2.50. The molecular weight excluding hydrogens is 230 g/mol. The number of primary amides is 1. The second-order valence-corrected chi connectivity index (χ2v) is 3.65. The molecule has 0 radical (unpaired) electrons. The highest BCUT2D eigenvalue weighted by Crippen LogP contribution is 2.30. The number of hydrogen-bond acceptors (Lipinski definition) is 3. The second-order valence-electron chi connectivity index (χ2n) is 3.65. The van der Waals surface area contributed by atoms with Gasteiger partial charge in [0, 0.05) is 5.56 Å². The molecule has 2 aromatic rings. The number of ether oxygens (including phenoxy) is 2. The van der Waals surface area contributed by atoms with E-state index in [0.29, 0.717) is 5.75 Å². The molecule has 0 saturated heterocycles. The van der Waals surface area contributed by atoms with Crippen LogP contribution in [0.25, 0.3) is 11.1 Å². The van der Waals surface area contributed by atoms with Gasteiger partial charge in [0.15, 0.2) is 0 Å². The standard InChI is InChI=1S/C14H13NO3/c1-17-11-8-6-10(7-9-11)12-4-2-3-5-13(12)18-14(15)16/h2-9H,1H3,(H2,15,16). The summed E-state index contributed by atoms with van der Waals surface area (Å²) in [5.41, 5.74) is 6.76. The predicted octanol–water partition coefficient (Wildman–Crippen LogP) is 2.82. The van der Waals surface area contributed by atoms with Crippen molar-refractivity contribution >= 4 is 6.09 Å². The van der Waals surface area contributed by atoms with E-state index < -0.39 is 6.09 Å². The lowest BCUT2D eigenvalue weighted by Crippen LogP contribution is -2.16. The fraction of sp³-hybridized carbons (Fsp3) is 0.0714. The van der Waals surface area contributed by atoms with Crippen LogP contribution in [0.15, 0.2) is 48.5 Å². The SMILES string of the molecule is COc1ccc(-c2ccccc2OC(N)=O)cc1. The number of rotatable bonds is 3. The van der Waals surface area contributed by atoms with Gasteiger partial charge >= 0.3 is 6.09 Å². The lowest BCUT2D eigenvalue weighted by molar-refractivity contribution is 0.211. The van der Waals surface area contributed by atoms with Crippen LogP contribution >= 0.6 is 0 Å². The maximum Gasteiger partial charge on any atom is 0.409 e. The third kappa shape index (κ3) is 2.60. The van der Waals surface area contributed by atoms with Gasteiger partial charge in [-0.15, -0.1) is 0 Å². The summed E-state index contributed by atoms with van der Waals surface area (Å²) in [6.07, 6.45) is -0.823. The van der Waals surface area contributed by atoms with Gasteiger partial charge in [0.2, 0.25) is 0 Å². The molecule has 18 heavy (non-hydrogen) atoms. The molecule has 2 aromatic carbocycles. The van der Waals surface area contributed by atoms with Gasteiger partial charge in [0.05, 0.1) is 7.11 Å². The van der Waals surface area contributed by atoms with Crippen molar-refractivity contribution < 1.29 is 14.3 Å². The molecule has 0 aromatic heterocycles. The summed E-state index contributed by atoms with van der Waals surface area (Å²) in [5.74, 6) is 1.21. The highest BCUT2D eigenvalue weighted by molar-refractivity contribution is 5.76. The zero-order valence-electron chi connectivity index (χ0n) is 9.92. The van der Waals surface area contributed by atoms with Crippen LogP contribution in [-0.4, -0.2) is 13.2 Å². The molecule has 92 valence electrons. The van der Waals surface area contributed by atoms with Gasteiger partial charge in [-0.3, -0.25) is 0 Å². The predicted molar refractivity (Wildman–Crippen MR) is 68.6 cm³/mol. The van der Waals surface area contributed by atoms with Crippen molar-refractivity contribution in [1.82, 2.24) is 0 Å². The smallest absolute Gasteiger partial charge is 0.409 e. The largest absolute Gasteiger partial charge is 0.497 e. The van der Waals surface area contributed by atoms with Crippen LogP contribution in [0, 0.1) is 0 Å². The number of amides is 1. The van der Waals surface area contributed by atoms with Crippen LogP contribution in [0.4, 0.5) is 4.79 Å². The van der Waals surface area contributed by atoms with Crippen molar-refractivity contribution in [2.45, 2.75) is 0 Å². The molecule has 0 saturated carbocycles. The van der Waals surface area contributed by atoms with Crippen molar-refractivity contribution in [3.63, 3.8) is 0 Å². The molecule has 1 amide bonds. The molecule has 0 aliphatic heterocycles. The van der Waals surface area contributed by atoms with E-state index in [1.807, 2.05) is 36.4 Å². The van der Waals surface area contributed by atoms with Gasteiger partial charge in [-0.05, 0) is 23.8 Å². The number of methoxy groups -OCH3 is 1. The van der Waals surface area contributed by atoms with Gasteiger partial charge < -0.3 is 15.2 Å². The molecule has 0 aliphatic rings. The molecular formula is C14H13NO3. The van der Waals surface area contributed by atoms with Crippen LogP contribution in [0.3, 0.4) is 0 Å². The van der Waals surface area contributed by atoms with E-state index in [4.69, 9.17) is 15.2 Å². The molecule has 2 N–H and O–H groups in total. The van der Waals surface area contributed by atoms with E-state index in [1.54, 1.807) is 19.2 Å². The Morgan fingerprint density at radius 3 is 2.33 bits per heavy atom. The minimum absolute atomic E-state index is 0.440. The monoisotopic (exact) mass is 243 g/mol. The zero-order valence-corrected chi connectivity index (χ0v) is 9.92. The molecule has 0 unspecified atom stereocenters. The zero-order chi connectivity index (χ0) is 13.0. The van der Waals surface area contributed by atoms with Crippen LogP contribution in [0.2, 0.25) is 0 Å². The maximum atomic E-state index is 10.8. The number of hydrogen-bond donors (Lipinski definition) is 1. The Morgan fingerprint density at radius 1 is 1.06 bits per heavy atom. The molecule has 0 bridgehead atoms. The lowest BCUT2D eigenvalue weighted by atomic mass is 10.0. The van der Waals surface area contributed by atoms with E-state index in [2.05, 4.69) is 0 Å². The lowest BCUT2D eigenvalue weighted by Gasteiger charge is -2.09. The summed E-state index contributed by atoms with van der Waals surface area (Å²) in [6.45, 7) is 0. The number of para-hydroxylation sites is 1. The van der Waals surface area contributed by atoms with E-state index in [0.717, 1.165) is 16.9 Å². The number of carbonyl (C=O) groups is 1. The Kier molecular flexibility index (Phi) is 3.48. The van der Waals surface area contributed by atoms with Crippen molar-refractivity contribution in [2.24, 2.45) is 5.73 Å². The summed E-state index contributed by atoms with van der Waals surface area (Å²) in [7, 11) is 1.61. The number of carbonyl (C=O) groups excluding carboxylic acids is 1. The Hall–Kier alpha value is -2.49. The van der Waals surface area contributed by atoms with Crippen LogP contribution in [-0.2, 0) is 0 Å². The average Bonchev–Trinajstić information content (AvgIpc) is 2.39. The summed E-state index contributed by atoms with van der Waals surface area (Å²) in [4.78, 5) is 10.8. The summed E-state index contributed by atoms with van der Waals surface area (Å²) < 4.78 is 10.1. The van der Waals surface area contributed by atoms with E-state index in [1.165, 1.54) is 0 Å². The summed E-state index contributed by atoms with van der Waals surface area (Å²) >= 11 is 0. The molecule has 4 nitrogen and oxygen atoms in total. The fourth-order valence-electron chi connectivity index (χ4n) is 1.67. The van der Waals surface area contributed by atoms with Crippen LogP contribution < -0.4 is 15.2 Å². The topological polar surface area (TPSA) is 61.6 Å². The highest BCUT2D eigenvalue weighted by Gasteiger charge is 2.07. The van der Waals surface area contributed by atoms with Crippen molar-refractivity contribution in [2.75, 3.05) is 7.11 Å². The maximum absolute atomic E-state index is 10.8. The minimum atomic E-state index is -0.823. The number of benzene rings is 2. The highest BCUT2D eigenvalue weighted by atomic mass is 16.5. The molecule has 2 rings (SSSR count). The summed E-state index contributed by atoms with van der Waals surface area (Å²) in [5, 5.41) is 0. The second kappa shape index (κ2) is 5.23. The van der Waals surface area contributed by atoms with Gasteiger partial charge in [-0.2, -0.15) is 0 Å². The van der Waals surface area contributed by atoms with Gasteiger partial charge in [-0.25, -0.2) is 4.79 Å². The summed E-state index contributed by atoms with van der Waals surface area (Å²) in [6, 6.07) is 14.7. The molecule has 0 fully saturated rings. The molecule has 0 heterocycles. The van der Waals surface area contributed by atoms with Crippen molar-refractivity contribution in [3.05, 3.63) is 48.5 Å². The first-order valence-corrected chi connectivity index (χ1v) is 5.41. The number of nitrogens with two attached hydrogens (primary N) is 1. The Morgan fingerprint density at radius 2 is 1.72 bits per heavy atom. The van der Waals surface area contributed by atoms with Gasteiger partial charge in [-0.1, -0.05) is 30.3 Å². The first-order valence-electron chi connectivity index (χ1n) is 5.41. The Balaban J connectivity index is 2.39. The first-order chi connectivity index (χ1) is 8.70. The van der Waals surface area contributed by atoms with E-state index >= 15 is 0 Å². The molecule has 0 aliphatic carbocycles. The molecule has 0 spiro atoms. The van der Waals surface area contributed by atoms with Crippen LogP contribution in [0.1, 0.15) is 0 Å². The van der Waals surface area contributed by atoms with Gasteiger partial charge in [0.1, 0.15) is 11.5 Å².